The Kier molecular flexibility index (Phi) is 3.94. The molecule has 3 heterocycles. The molecular formula is C14H22N4O. The quantitative estimate of drug-likeness (QED) is 0.799. The van der Waals surface area contributed by atoms with E-state index in [1.807, 2.05) is 0 Å². The topological polar surface area (TPSA) is 41.5 Å². The summed E-state index contributed by atoms with van der Waals surface area (Å²) in [6.07, 6.45) is 3.99. The lowest BCUT2D eigenvalue weighted by molar-refractivity contribution is 0.193. The number of hydrogen-bond acceptors (Lipinski definition) is 5. The van der Waals surface area contributed by atoms with Crippen LogP contribution in [0.2, 0.25) is 0 Å². The monoisotopic (exact) mass is 262 g/mol. The molecule has 0 spiro atoms. The van der Waals surface area contributed by atoms with Crippen molar-refractivity contribution >= 4 is 5.82 Å². The van der Waals surface area contributed by atoms with E-state index in [-0.39, 0.29) is 0 Å². The molecule has 19 heavy (non-hydrogen) atoms. The normalized spacial score (nSPS) is 25.5. The van der Waals surface area contributed by atoms with Gasteiger partial charge < -0.3 is 14.5 Å². The van der Waals surface area contributed by atoms with Crippen LogP contribution in [0, 0.1) is 0 Å². The third-order valence-corrected chi connectivity index (χ3v) is 4.07. The van der Waals surface area contributed by atoms with Crippen LogP contribution in [0.3, 0.4) is 0 Å². The molecule has 104 valence electrons. The largest absolute Gasteiger partial charge is 0.381 e. The molecule has 0 amide bonds. The molecule has 2 saturated heterocycles. The summed E-state index contributed by atoms with van der Waals surface area (Å²) in [5, 5.41) is 0. The summed E-state index contributed by atoms with van der Waals surface area (Å²) in [6, 6.07) is 2.16. The van der Waals surface area contributed by atoms with Crippen LogP contribution in [-0.2, 0) is 4.74 Å². The molecule has 1 aromatic rings. The van der Waals surface area contributed by atoms with Gasteiger partial charge in [0.25, 0.3) is 0 Å². The maximum absolute atomic E-state index is 5.45. The summed E-state index contributed by atoms with van der Waals surface area (Å²) in [4.78, 5) is 13.6. The van der Waals surface area contributed by atoms with Crippen LogP contribution in [0.25, 0.3) is 0 Å². The van der Waals surface area contributed by atoms with Crippen molar-refractivity contribution in [3.05, 3.63) is 18.1 Å². The average molecular weight is 262 g/mol. The molecule has 1 atom stereocenters. The molecule has 2 aliphatic rings. The number of rotatable bonds is 2. The van der Waals surface area contributed by atoms with Crippen molar-refractivity contribution in [3.8, 4) is 0 Å². The van der Waals surface area contributed by atoms with Gasteiger partial charge in [-0.25, -0.2) is 9.97 Å². The van der Waals surface area contributed by atoms with Crippen molar-refractivity contribution in [2.45, 2.75) is 18.8 Å². The lowest BCUT2D eigenvalue weighted by atomic mass is 10.0. The van der Waals surface area contributed by atoms with E-state index in [9.17, 15) is 0 Å². The van der Waals surface area contributed by atoms with Gasteiger partial charge in [0.1, 0.15) is 12.1 Å². The van der Waals surface area contributed by atoms with Crippen molar-refractivity contribution in [1.29, 1.82) is 0 Å². The van der Waals surface area contributed by atoms with Crippen molar-refractivity contribution in [2.75, 3.05) is 51.3 Å². The first-order chi connectivity index (χ1) is 9.33. The van der Waals surface area contributed by atoms with Crippen molar-refractivity contribution in [2.24, 2.45) is 0 Å². The zero-order valence-corrected chi connectivity index (χ0v) is 11.6. The fourth-order valence-corrected chi connectivity index (χ4v) is 2.80. The van der Waals surface area contributed by atoms with Gasteiger partial charge in [0.05, 0.1) is 12.3 Å². The van der Waals surface area contributed by atoms with Gasteiger partial charge in [-0.2, -0.15) is 0 Å². The predicted molar refractivity (Wildman–Crippen MR) is 74.5 cm³/mol. The van der Waals surface area contributed by atoms with E-state index < -0.39 is 0 Å². The summed E-state index contributed by atoms with van der Waals surface area (Å²) >= 11 is 0. The number of likely N-dealkylation sites (N-methyl/N-ethyl adjacent to an activating group) is 1. The van der Waals surface area contributed by atoms with Crippen LogP contribution < -0.4 is 4.90 Å². The molecule has 0 saturated carbocycles. The van der Waals surface area contributed by atoms with Crippen molar-refractivity contribution in [3.63, 3.8) is 0 Å². The van der Waals surface area contributed by atoms with Gasteiger partial charge in [-0.1, -0.05) is 0 Å². The Balaban J connectivity index is 1.74. The highest BCUT2D eigenvalue weighted by molar-refractivity contribution is 5.40. The van der Waals surface area contributed by atoms with Crippen LogP contribution >= 0.6 is 0 Å². The van der Waals surface area contributed by atoms with Crippen molar-refractivity contribution < 1.29 is 4.74 Å². The summed E-state index contributed by atoms with van der Waals surface area (Å²) in [5.74, 6) is 1.53. The first-order valence-corrected chi connectivity index (χ1v) is 7.16. The highest BCUT2D eigenvalue weighted by Crippen LogP contribution is 2.25. The number of nitrogens with zero attached hydrogens (tertiary/aromatic N) is 4. The Morgan fingerprint density at radius 3 is 3.00 bits per heavy atom. The smallest absolute Gasteiger partial charge is 0.132 e. The Hall–Kier alpha value is -1.20. The molecule has 0 radical (unpaired) electrons. The first kappa shape index (κ1) is 12.8. The van der Waals surface area contributed by atoms with Gasteiger partial charge >= 0.3 is 0 Å². The maximum Gasteiger partial charge on any atom is 0.132 e. The second kappa shape index (κ2) is 5.84. The van der Waals surface area contributed by atoms with Gasteiger partial charge in [-0.3, -0.25) is 0 Å². The standard InChI is InChI=1S/C14H22N4O/c1-17-4-2-5-18(7-6-17)14-9-13(15-11-16-14)12-3-8-19-10-12/h9,11-12H,2-8,10H2,1H3. The van der Waals surface area contributed by atoms with E-state index in [2.05, 4.69) is 32.9 Å². The fourth-order valence-electron chi connectivity index (χ4n) is 2.80. The average Bonchev–Trinajstić information content (AvgIpc) is 2.89. The van der Waals surface area contributed by atoms with Crippen LogP contribution in [0.4, 0.5) is 5.82 Å². The molecule has 1 unspecified atom stereocenters. The van der Waals surface area contributed by atoms with E-state index in [1.165, 1.54) is 13.0 Å². The number of anilines is 1. The minimum absolute atomic E-state index is 0.455. The second-order valence-electron chi connectivity index (χ2n) is 5.51. The molecular weight excluding hydrogens is 240 g/mol. The van der Waals surface area contributed by atoms with Gasteiger partial charge in [-0.15, -0.1) is 0 Å². The molecule has 5 nitrogen and oxygen atoms in total. The van der Waals surface area contributed by atoms with Gasteiger partial charge in [0, 0.05) is 38.2 Å². The molecule has 0 N–H and O–H groups in total. The maximum atomic E-state index is 5.45. The van der Waals surface area contributed by atoms with Gasteiger partial charge in [0.15, 0.2) is 0 Å². The zero-order chi connectivity index (χ0) is 13.1. The summed E-state index contributed by atoms with van der Waals surface area (Å²) < 4.78 is 5.45. The van der Waals surface area contributed by atoms with Crippen molar-refractivity contribution in [1.82, 2.24) is 14.9 Å². The third-order valence-electron chi connectivity index (χ3n) is 4.07. The minimum atomic E-state index is 0.455. The Morgan fingerprint density at radius 2 is 2.16 bits per heavy atom. The molecule has 2 fully saturated rings. The van der Waals surface area contributed by atoms with E-state index in [0.29, 0.717) is 5.92 Å². The van der Waals surface area contributed by atoms with Crippen LogP contribution in [0.15, 0.2) is 12.4 Å². The Labute approximate surface area is 114 Å². The first-order valence-electron chi connectivity index (χ1n) is 7.16. The zero-order valence-electron chi connectivity index (χ0n) is 11.6. The Morgan fingerprint density at radius 1 is 1.21 bits per heavy atom. The lowest BCUT2D eigenvalue weighted by Crippen LogP contribution is -2.29. The summed E-state index contributed by atoms with van der Waals surface area (Å²) in [7, 11) is 2.19. The molecule has 0 aromatic carbocycles. The molecule has 1 aromatic heterocycles. The molecule has 0 bridgehead atoms. The van der Waals surface area contributed by atoms with Gasteiger partial charge in [0.2, 0.25) is 0 Å². The summed E-state index contributed by atoms with van der Waals surface area (Å²) in [5.41, 5.74) is 1.14. The number of aromatic nitrogens is 2. The lowest BCUT2D eigenvalue weighted by Gasteiger charge is -2.22. The molecule has 0 aliphatic carbocycles. The third kappa shape index (κ3) is 3.04. The van der Waals surface area contributed by atoms with E-state index in [1.54, 1.807) is 6.33 Å². The molecule has 5 heteroatoms. The highest BCUT2D eigenvalue weighted by Gasteiger charge is 2.21. The van der Waals surface area contributed by atoms with Gasteiger partial charge in [-0.05, 0) is 26.4 Å². The van der Waals surface area contributed by atoms with E-state index in [4.69, 9.17) is 4.74 Å². The minimum Gasteiger partial charge on any atom is -0.381 e. The van der Waals surface area contributed by atoms with Crippen LogP contribution in [0.5, 0.6) is 0 Å². The SMILES string of the molecule is CN1CCCN(c2cc(C3CCOC3)ncn2)CC1. The Bertz CT molecular complexity index is 420. The van der Waals surface area contributed by atoms with E-state index >= 15 is 0 Å². The predicted octanol–water partition coefficient (Wildman–Crippen LogP) is 1.12. The molecule has 2 aliphatic heterocycles. The summed E-state index contributed by atoms with van der Waals surface area (Å²) in [6.45, 7) is 6.07. The molecule has 3 rings (SSSR count). The number of ether oxygens (including phenoxy) is 1. The van der Waals surface area contributed by atoms with Crippen LogP contribution in [-0.4, -0.2) is 61.3 Å². The second-order valence-corrected chi connectivity index (χ2v) is 5.51. The fraction of sp³-hybridized carbons (Fsp3) is 0.714. The number of hydrogen-bond donors (Lipinski definition) is 0. The van der Waals surface area contributed by atoms with E-state index in [0.717, 1.165) is 50.8 Å². The highest BCUT2D eigenvalue weighted by atomic mass is 16.5. The van der Waals surface area contributed by atoms with Crippen LogP contribution in [0.1, 0.15) is 24.5 Å².